The van der Waals surface area contributed by atoms with E-state index in [0.717, 1.165) is 38.9 Å². The summed E-state index contributed by atoms with van der Waals surface area (Å²) in [6.45, 7) is 16.9. The van der Waals surface area contributed by atoms with Crippen molar-refractivity contribution in [3.63, 3.8) is 0 Å². The quantitative estimate of drug-likeness (QED) is 0.0206. The van der Waals surface area contributed by atoms with E-state index < -0.39 is 17.4 Å². The first-order valence-corrected chi connectivity index (χ1v) is 22.1. The van der Waals surface area contributed by atoms with E-state index in [1.165, 1.54) is 18.2 Å². The molecule has 0 spiro atoms. The maximum atomic E-state index is 14.0. The zero-order valence-corrected chi connectivity index (χ0v) is 38.4. The SMILES string of the molecule is CCOC(=O)c1cc(C2(c3ccc(OCCOCCOCCOC)c(C(=O)OCC)c3)c3cc(C(C)C)ccc3-c3ccc(C(C)C)cc32)ccc1CCOCCOCCOOC. The van der Waals surface area contributed by atoms with Gasteiger partial charge in [-0.2, -0.15) is 0 Å². The number of esters is 2. The normalized spacial score (nSPS) is 12.7. The molecule has 0 aromatic heterocycles. The van der Waals surface area contributed by atoms with Crippen molar-refractivity contribution in [3.05, 3.63) is 123 Å². The van der Waals surface area contributed by atoms with Crippen molar-refractivity contribution in [1.82, 2.24) is 0 Å². The molecule has 0 atom stereocenters. The van der Waals surface area contributed by atoms with Crippen molar-refractivity contribution < 1.29 is 57.3 Å². The van der Waals surface area contributed by atoms with E-state index in [1.54, 1.807) is 21.0 Å². The van der Waals surface area contributed by atoms with Crippen LogP contribution in [-0.2, 0) is 54.8 Å². The molecular formula is C51H66O12. The van der Waals surface area contributed by atoms with Gasteiger partial charge in [0.2, 0.25) is 0 Å². The Bertz CT molecular complexity index is 1930. The second kappa shape index (κ2) is 25.0. The third-order valence-corrected chi connectivity index (χ3v) is 11.1. The van der Waals surface area contributed by atoms with Crippen LogP contribution in [0.2, 0.25) is 0 Å². The molecule has 0 aliphatic heterocycles. The molecule has 1 aliphatic carbocycles. The fourth-order valence-corrected chi connectivity index (χ4v) is 7.91. The van der Waals surface area contributed by atoms with Gasteiger partial charge >= 0.3 is 11.9 Å². The Labute approximate surface area is 373 Å². The van der Waals surface area contributed by atoms with Crippen LogP contribution in [0, 0.1) is 0 Å². The number of rotatable bonds is 28. The third-order valence-electron chi connectivity index (χ3n) is 11.1. The average Bonchev–Trinajstić information content (AvgIpc) is 3.57. The monoisotopic (exact) mass is 870 g/mol. The standard InChI is InChI=1S/C51H66O12/c1-9-60-49(52)44-33-40(14-11-37(44)19-20-56-23-24-59-28-30-63-55-8)51(46-31-38(35(3)4)12-16-42(46)43-17-13-39(36(5)6)32-47(43)51)41-15-18-48(45(34-41)50(53)61-10-2)62-29-27-58-26-25-57-22-21-54-7/h11-18,31-36H,9-10,19-30H2,1-8H3. The van der Waals surface area contributed by atoms with Gasteiger partial charge < -0.3 is 37.9 Å². The topological polar surface area (TPSA) is 126 Å². The zero-order chi connectivity index (χ0) is 45.2. The number of methoxy groups -OCH3 is 1. The predicted molar refractivity (Wildman–Crippen MR) is 241 cm³/mol. The predicted octanol–water partition coefficient (Wildman–Crippen LogP) is 8.86. The van der Waals surface area contributed by atoms with Crippen LogP contribution in [0.15, 0.2) is 72.8 Å². The highest BCUT2D eigenvalue weighted by atomic mass is 17.2. The van der Waals surface area contributed by atoms with Gasteiger partial charge in [0.1, 0.15) is 24.5 Å². The summed E-state index contributed by atoms with van der Waals surface area (Å²) in [5.74, 6) is -0.0765. The van der Waals surface area contributed by atoms with Crippen molar-refractivity contribution >= 4 is 11.9 Å². The van der Waals surface area contributed by atoms with Crippen LogP contribution < -0.4 is 4.74 Å². The van der Waals surface area contributed by atoms with E-state index in [4.69, 9.17) is 42.8 Å². The molecule has 0 amide bonds. The van der Waals surface area contributed by atoms with Gasteiger partial charge in [-0.3, -0.25) is 0 Å². The lowest BCUT2D eigenvalue weighted by Gasteiger charge is -2.35. The molecule has 0 heterocycles. The molecular weight excluding hydrogens is 805 g/mol. The third kappa shape index (κ3) is 12.3. The number of ether oxygens (including phenoxy) is 8. The van der Waals surface area contributed by atoms with E-state index in [1.807, 2.05) is 30.3 Å². The highest BCUT2D eigenvalue weighted by Gasteiger charge is 2.47. The lowest BCUT2D eigenvalue weighted by molar-refractivity contribution is -0.277. The van der Waals surface area contributed by atoms with Gasteiger partial charge in [-0.15, -0.1) is 0 Å². The number of hydrogen-bond acceptors (Lipinski definition) is 12. The van der Waals surface area contributed by atoms with Crippen LogP contribution in [0.25, 0.3) is 11.1 Å². The molecule has 0 fully saturated rings. The molecule has 0 saturated carbocycles. The van der Waals surface area contributed by atoms with E-state index in [2.05, 4.69) is 75.0 Å². The van der Waals surface area contributed by atoms with Crippen molar-refractivity contribution in [2.45, 2.75) is 65.2 Å². The number of carbonyl (C=O) groups is 2. The summed E-state index contributed by atoms with van der Waals surface area (Å²) in [6.07, 6.45) is 0.472. The molecule has 63 heavy (non-hydrogen) atoms. The van der Waals surface area contributed by atoms with Crippen molar-refractivity contribution in [3.8, 4) is 16.9 Å². The minimum absolute atomic E-state index is 0.186. The molecule has 0 bridgehead atoms. The Kier molecular flexibility index (Phi) is 19.6. The van der Waals surface area contributed by atoms with Crippen molar-refractivity contribution in [1.29, 1.82) is 0 Å². The number of carbonyl (C=O) groups excluding carboxylic acids is 2. The molecule has 4 aromatic rings. The molecule has 5 rings (SSSR count). The number of hydrogen-bond donors (Lipinski definition) is 0. The summed E-state index contributed by atoms with van der Waals surface area (Å²) in [5.41, 5.74) is 8.84. The maximum absolute atomic E-state index is 14.0. The Balaban J connectivity index is 1.64. The van der Waals surface area contributed by atoms with Gasteiger partial charge in [-0.05, 0) is 100 Å². The van der Waals surface area contributed by atoms with Crippen LogP contribution in [0.3, 0.4) is 0 Å². The van der Waals surface area contributed by atoms with E-state index in [9.17, 15) is 9.59 Å². The molecule has 1 aliphatic rings. The Morgan fingerprint density at radius 2 is 1.03 bits per heavy atom. The maximum Gasteiger partial charge on any atom is 0.341 e. The molecule has 12 heteroatoms. The summed E-state index contributed by atoms with van der Waals surface area (Å²) in [6, 6.07) is 25.2. The fraction of sp³-hybridized carbons (Fsp3) is 0.490. The average molecular weight is 871 g/mol. The fourth-order valence-electron chi connectivity index (χ4n) is 7.91. The van der Waals surface area contributed by atoms with Gasteiger partial charge in [0.05, 0.1) is 90.8 Å². The van der Waals surface area contributed by atoms with E-state index in [-0.39, 0.29) is 31.7 Å². The highest BCUT2D eigenvalue weighted by molar-refractivity contribution is 5.95. The summed E-state index contributed by atoms with van der Waals surface area (Å²) in [5, 5.41) is 0. The molecule has 0 N–H and O–H groups in total. The van der Waals surface area contributed by atoms with E-state index >= 15 is 0 Å². The van der Waals surface area contributed by atoms with Gasteiger partial charge in [0.25, 0.3) is 0 Å². The van der Waals surface area contributed by atoms with Crippen LogP contribution in [0.4, 0.5) is 0 Å². The summed E-state index contributed by atoms with van der Waals surface area (Å²) in [7, 11) is 3.09. The van der Waals surface area contributed by atoms with Crippen LogP contribution in [-0.4, -0.2) is 112 Å². The first-order chi connectivity index (χ1) is 30.6. The lowest BCUT2D eigenvalue weighted by Crippen LogP contribution is -2.30. The minimum Gasteiger partial charge on any atom is -0.490 e. The van der Waals surface area contributed by atoms with Crippen LogP contribution >= 0.6 is 0 Å². The van der Waals surface area contributed by atoms with Gasteiger partial charge in [0.15, 0.2) is 0 Å². The molecule has 342 valence electrons. The van der Waals surface area contributed by atoms with Crippen LogP contribution in [0.1, 0.15) is 113 Å². The lowest BCUT2D eigenvalue weighted by atomic mass is 9.66. The number of benzene rings is 4. The summed E-state index contributed by atoms with van der Waals surface area (Å²) < 4.78 is 45.4. The van der Waals surface area contributed by atoms with E-state index in [0.29, 0.717) is 89.4 Å². The Morgan fingerprint density at radius 1 is 0.540 bits per heavy atom. The second-order valence-electron chi connectivity index (χ2n) is 15.7. The minimum atomic E-state index is -0.980. The number of fused-ring (bicyclic) bond motifs is 3. The molecule has 12 nitrogen and oxygen atoms in total. The molecule has 0 radical (unpaired) electrons. The molecule has 4 aromatic carbocycles. The summed E-state index contributed by atoms with van der Waals surface area (Å²) >= 11 is 0. The van der Waals surface area contributed by atoms with Crippen molar-refractivity contribution in [2.75, 3.05) is 100 Å². The molecule has 0 saturated heterocycles. The van der Waals surface area contributed by atoms with Gasteiger partial charge in [-0.25, -0.2) is 19.4 Å². The summed E-state index contributed by atoms with van der Waals surface area (Å²) in [4.78, 5) is 37.4. The molecule has 0 unspecified atom stereocenters. The van der Waals surface area contributed by atoms with Gasteiger partial charge in [0, 0.05) is 7.11 Å². The first-order valence-electron chi connectivity index (χ1n) is 22.1. The van der Waals surface area contributed by atoms with Crippen LogP contribution in [0.5, 0.6) is 5.75 Å². The van der Waals surface area contributed by atoms with Gasteiger partial charge in [-0.1, -0.05) is 82.3 Å². The second-order valence-corrected chi connectivity index (χ2v) is 15.7. The smallest absolute Gasteiger partial charge is 0.341 e. The first kappa shape index (κ1) is 49.4. The Morgan fingerprint density at radius 3 is 1.57 bits per heavy atom. The largest absolute Gasteiger partial charge is 0.490 e. The Hall–Kier alpha value is -4.66. The van der Waals surface area contributed by atoms with Crippen molar-refractivity contribution in [2.24, 2.45) is 0 Å². The zero-order valence-electron chi connectivity index (χ0n) is 38.4. The highest BCUT2D eigenvalue weighted by Crippen LogP contribution is 2.57.